The number of anilines is 2. The average molecular weight is 442 g/mol. The fraction of sp³-hybridized carbons (Fsp3) is 0.0333. The Morgan fingerprint density at radius 2 is 1.50 bits per heavy atom. The summed E-state index contributed by atoms with van der Waals surface area (Å²) in [6, 6.07) is 36.0. The van der Waals surface area contributed by atoms with Crippen molar-refractivity contribution >= 4 is 39.3 Å². The van der Waals surface area contributed by atoms with Crippen LogP contribution < -0.4 is 10.6 Å². The second-order valence-corrected chi connectivity index (χ2v) is 8.50. The molecular formula is C30H23N3O. The fourth-order valence-corrected chi connectivity index (χ4v) is 4.79. The highest BCUT2D eigenvalue weighted by Crippen LogP contribution is 2.44. The summed E-state index contributed by atoms with van der Waals surface area (Å²) in [6.07, 6.45) is 0. The summed E-state index contributed by atoms with van der Waals surface area (Å²) in [7, 11) is 0. The number of nitrogens with two attached hydrogens (primary N) is 1. The van der Waals surface area contributed by atoms with E-state index in [0.29, 0.717) is 17.8 Å². The number of nitrogen functional groups attached to an aromatic ring is 1. The van der Waals surface area contributed by atoms with E-state index >= 15 is 0 Å². The number of nitrogens with zero attached hydrogens (tertiary/aromatic N) is 1. The molecule has 1 aliphatic heterocycles. The number of nitrogens with one attached hydrogen (secondary N) is 1. The van der Waals surface area contributed by atoms with Crippen LogP contribution in [0.5, 0.6) is 0 Å². The van der Waals surface area contributed by atoms with Gasteiger partial charge >= 0.3 is 0 Å². The maximum absolute atomic E-state index is 14.1. The quantitative estimate of drug-likeness (QED) is 0.256. The summed E-state index contributed by atoms with van der Waals surface area (Å²) in [5.41, 5.74) is 14.2. The van der Waals surface area contributed by atoms with Crippen molar-refractivity contribution in [3.05, 3.63) is 132 Å². The van der Waals surface area contributed by atoms with Gasteiger partial charge in [0.15, 0.2) is 0 Å². The maximum Gasteiger partial charge on any atom is 0.260 e. The molecule has 4 aromatic carbocycles. The van der Waals surface area contributed by atoms with Crippen molar-refractivity contribution in [2.75, 3.05) is 10.6 Å². The predicted octanol–water partition coefficient (Wildman–Crippen LogP) is 6.26. The number of hydrogen-bond donors (Lipinski definition) is 2. The van der Waals surface area contributed by atoms with Crippen LogP contribution in [-0.2, 0) is 11.3 Å². The Balaban J connectivity index is 1.62. The minimum absolute atomic E-state index is 0.0260. The van der Waals surface area contributed by atoms with Crippen molar-refractivity contribution in [2.24, 2.45) is 0 Å². The van der Waals surface area contributed by atoms with E-state index in [1.165, 1.54) is 0 Å². The number of carbonyl (C=O) groups is 1. The fourth-order valence-electron chi connectivity index (χ4n) is 4.79. The van der Waals surface area contributed by atoms with Crippen LogP contribution in [0.1, 0.15) is 22.4 Å². The van der Waals surface area contributed by atoms with Crippen LogP contribution in [0.2, 0.25) is 0 Å². The van der Waals surface area contributed by atoms with Gasteiger partial charge in [-0.2, -0.15) is 0 Å². The maximum atomic E-state index is 14.1. The van der Waals surface area contributed by atoms with Crippen LogP contribution in [-0.4, -0.2) is 10.9 Å². The molecule has 0 bridgehead atoms. The number of hydrogen-bond acceptors (Lipinski definition) is 2. The zero-order valence-corrected chi connectivity index (χ0v) is 18.5. The van der Waals surface area contributed by atoms with E-state index in [2.05, 4.69) is 17.1 Å². The standard InChI is InChI=1S/C30H23N3O/c31-24-15-7-5-13-22(24)28(26-18-21-12-4-8-16-25(21)32-26)29-23-14-6-9-17-27(23)33(30(29)34)19-20-10-2-1-3-11-20/h1-18,32H,19,31H2. The molecule has 0 spiro atoms. The molecule has 0 aliphatic carbocycles. The van der Waals surface area contributed by atoms with Gasteiger partial charge in [0.25, 0.3) is 5.91 Å². The Kier molecular flexibility index (Phi) is 4.77. The average Bonchev–Trinajstić information content (AvgIpc) is 3.41. The lowest BCUT2D eigenvalue weighted by atomic mass is 9.92. The number of aromatic nitrogens is 1. The highest BCUT2D eigenvalue weighted by atomic mass is 16.2. The van der Waals surface area contributed by atoms with Gasteiger partial charge < -0.3 is 15.6 Å². The Hall–Kier alpha value is -4.57. The number of benzene rings is 4. The molecule has 0 saturated heterocycles. The first-order valence-electron chi connectivity index (χ1n) is 11.3. The molecule has 0 radical (unpaired) electrons. The van der Waals surface area contributed by atoms with Gasteiger partial charge in [-0.15, -0.1) is 0 Å². The van der Waals surface area contributed by atoms with Crippen molar-refractivity contribution in [1.29, 1.82) is 0 Å². The van der Waals surface area contributed by atoms with Crippen molar-refractivity contribution in [2.45, 2.75) is 6.54 Å². The second-order valence-electron chi connectivity index (χ2n) is 8.50. The number of aromatic amines is 1. The Bertz CT molecular complexity index is 1530. The highest BCUT2D eigenvalue weighted by molar-refractivity contribution is 6.39. The molecule has 3 N–H and O–H groups in total. The van der Waals surface area contributed by atoms with Crippen molar-refractivity contribution in [3.63, 3.8) is 0 Å². The highest BCUT2D eigenvalue weighted by Gasteiger charge is 2.35. The van der Waals surface area contributed by atoms with Crippen LogP contribution in [0.3, 0.4) is 0 Å². The Morgan fingerprint density at radius 3 is 2.32 bits per heavy atom. The summed E-state index contributed by atoms with van der Waals surface area (Å²) in [5, 5.41) is 1.09. The lowest BCUT2D eigenvalue weighted by Gasteiger charge is -2.18. The molecular weight excluding hydrogens is 418 g/mol. The van der Waals surface area contributed by atoms with Crippen LogP contribution in [0.25, 0.3) is 22.0 Å². The van der Waals surface area contributed by atoms with Crippen molar-refractivity contribution < 1.29 is 4.79 Å². The van der Waals surface area contributed by atoms with Gasteiger partial charge in [0, 0.05) is 39.0 Å². The molecule has 4 heteroatoms. The molecule has 1 aliphatic rings. The summed E-state index contributed by atoms with van der Waals surface area (Å²) in [6.45, 7) is 0.504. The molecule has 6 rings (SSSR count). The van der Waals surface area contributed by atoms with Gasteiger partial charge in [-0.05, 0) is 29.8 Å². The first kappa shape index (κ1) is 20.1. The van der Waals surface area contributed by atoms with E-state index in [4.69, 9.17) is 5.73 Å². The topological polar surface area (TPSA) is 62.1 Å². The van der Waals surface area contributed by atoms with E-state index in [1.54, 1.807) is 0 Å². The minimum Gasteiger partial charge on any atom is -0.398 e. The zero-order valence-electron chi connectivity index (χ0n) is 18.5. The molecule has 1 amide bonds. The first-order valence-corrected chi connectivity index (χ1v) is 11.3. The third-order valence-corrected chi connectivity index (χ3v) is 6.39. The Labute approximate surface area is 198 Å². The number of para-hydroxylation sites is 3. The van der Waals surface area contributed by atoms with Gasteiger partial charge in [-0.1, -0.05) is 84.9 Å². The minimum atomic E-state index is -0.0260. The molecule has 5 aromatic rings. The lowest BCUT2D eigenvalue weighted by molar-refractivity contribution is -0.113. The van der Waals surface area contributed by atoms with Crippen molar-refractivity contribution in [3.8, 4) is 0 Å². The smallest absolute Gasteiger partial charge is 0.260 e. The molecule has 0 atom stereocenters. The molecule has 0 saturated carbocycles. The Morgan fingerprint density at radius 1 is 0.794 bits per heavy atom. The van der Waals surface area contributed by atoms with E-state index < -0.39 is 0 Å². The summed E-state index contributed by atoms with van der Waals surface area (Å²) < 4.78 is 0. The summed E-state index contributed by atoms with van der Waals surface area (Å²) in [5.74, 6) is -0.0260. The first-order chi connectivity index (χ1) is 16.7. The van der Waals surface area contributed by atoms with Crippen LogP contribution in [0.15, 0.2) is 109 Å². The molecule has 4 nitrogen and oxygen atoms in total. The van der Waals surface area contributed by atoms with Crippen molar-refractivity contribution in [1.82, 2.24) is 4.98 Å². The van der Waals surface area contributed by atoms with Gasteiger partial charge in [0.1, 0.15) is 0 Å². The monoisotopic (exact) mass is 441 g/mol. The zero-order chi connectivity index (χ0) is 23.1. The normalized spacial score (nSPS) is 14.5. The van der Waals surface area contributed by atoms with E-state index in [0.717, 1.165) is 44.5 Å². The predicted molar refractivity (Wildman–Crippen MR) is 139 cm³/mol. The lowest BCUT2D eigenvalue weighted by Crippen LogP contribution is -2.26. The third-order valence-electron chi connectivity index (χ3n) is 6.39. The van der Waals surface area contributed by atoms with E-state index in [-0.39, 0.29) is 5.91 Å². The number of rotatable bonds is 4. The largest absolute Gasteiger partial charge is 0.398 e. The number of carbonyl (C=O) groups excluding carboxylic acids is 1. The number of H-pyrrole nitrogens is 1. The SMILES string of the molecule is Nc1ccccc1C(=C1C(=O)N(Cc2ccccc2)c2ccccc21)c1cc2ccccc2[nH]1. The summed E-state index contributed by atoms with van der Waals surface area (Å²) >= 11 is 0. The van der Waals surface area contributed by atoms with Crippen LogP contribution in [0, 0.1) is 0 Å². The van der Waals surface area contributed by atoms with E-state index in [9.17, 15) is 4.79 Å². The van der Waals surface area contributed by atoms with Gasteiger partial charge in [0.05, 0.1) is 17.8 Å². The van der Waals surface area contributed by atoms with Gasteiger partial charge in [0.2, 0.25) is 0 Å². The third kappa shape index (κ3) is 3.28. The van der Waals surface area contributed by atoms with Gasteiger partial charge in [-0.25, -0.2) is 0 Å². The van der Waals surface area contributed by atoms with Crippen LogP contribution >= 0.6 is 0 Å². The second kappa shape index (κ2) is 8.09. The molecule has 2 heterocycles. The van der Waals surface area contributed by atoms with Gasteiger partial charge in [-0.3, -0.25) is 4.79 Å². The molecule has 0 fully saturated rings. The number of amides is 1. The summed E-state index contributed by atoms with van der Waals surface area (Å²) in [4.78, 5) is 19.5. The molecule has 164 valence electrons. The van der Waals surface area contributed by atoms with E-state index in [1.807, 2.05) is 102 Å². The molecule has 1 aromatic heterocycles. The molecule has 0 unspecified atom stereocenters. The van der Waals surface area contributed by atoms with Crippen LogP contribution in [0.4, 0.5) is 11.4 Å². The molecule has 34 heavy (non-hydrogen) atoms. The number of fused-ring (bicyclic) bond motifs is 2.